The van der Waals surface area contributed by atoms with Crippen LogP contribution >= 0.6 is 12.4 Å². The molecule has 4 nitrogen and oxygen atoms in total. The molecule has 0 radical (unpaired) electrons. The van der Waals surface area contributed by atoms with Gasteiger partial charge in [-0.05, 0) is 38.3 Å². The Hall–Kier alpha value is -1.26. The van der Waals surface area contributed by atoms with Crippen LogP contribution in [0, 0.1) is 12.8 Å². The number of ether oxygens (including phenoxy) is 1. The lowest BCUT2D eigenvalue weighted by Crippen LogP contribution is -2.33. The fourth-order valence-corrected chi connectivity index (χ4v) is 2.38. The Labute approximate surface area is 126 Å². The molecule has 0 heterocycles. The van der Waals surface area contributed by atoms with E-state index in [9.17, 15) is 4.79 Å². The third kappa shape index (κ3) is 5.02. The Morgan fingerprint density at radius 3 is 2.65 bits per heavy atom. The lowest BCUT2D eigenvalue weighted by molar-refractivity contribution is -0.124. The summed E-state index contributed by atoms with van der Waals surface area (Å²) in [5, 5.41) is 2.91. The molecular formula is C15H23ClN2O2. The minimum absolute atomic E-state index is 0. The number of halogens is 1. The normalized spacial score (nSPS) is 21.1. The quantitative estimate of drug-likeness (QED) is 0.818. The topological polar surface area (TPSA) is 64.3 Å². The highest BCUT2D eigenvalue weighted by Gasteiger charge is 2.27. The molecular weight excluding hydrogens is 276 g/mol. The molecule has 2 atom stereocenters. The summed E-state index contributed by atoms with van der Waals surface area (Å²) in [7, 11) is 0. The fourth-order valence-electron chi connectivity index (χ4n) is 2.38. The second kappa shape index (κ2) is 8.12. The van der Waals surface area contributed by atoms with Crippen molar-refractivity contribution in [3.63, 3.8) is 0 Å². The molecule has 1 aliphatic carbocycles. The van der Waals surface area contributed by atoms with E-state index in [1.54, 1.807) is 0 Å². The van der Waals surface area contributed by atoms with E-state index in [-0.39, 0.29) is 30.3 Å². The predicted octanol–water partition coefficient (Wildman–Crippen LogP) is 2.04. The van der Waals surface area contributed by atoms with E-state index in [1.807, 2.05) is 31.2 Å². The van der Waals surface area contributed by atoms with Gasteiger partial charge in [-0.25, -0.2) is 0 Å². The molecule has 2 rings (SSSR count). The summed E-state index contributed by atoms with van der Waals surface area (Å²) in [5.74, 6) is 1.04. The van der Waals surface area contributed by atoms with Gasteiger partial charge in [0, 0.05) is 12.0 Å². The molecule has 0 aromatic heterocycles. The molecule has 1 aliphatic rings. The van der Waals surface area contributed by atoms with Crippen LogP contribution in [0.2, 0.25) is 0 Å². The molecule has 3 N–H and O–H groups in total. The van der Waals surface area contributed by atoms with Crippen molar-refractivity contribution >= 4 is 18.3 Å². The van der Waals surface area contributed by atoms with Gasteiger partial charge < -0.3 is 15.8 Å². The Morgan fingerprint density at radius 2 is 2.05 bits per heavy atom. The van der Waals surface area contributed by atoms with Crippen LogP contribution in [0.4, 0.5) is 0 Å². The smallest absolute Gasteiger partial charge is 0.223 e. The molecule has 5 heteroatoms. The number of nitrogens with one attached hydrogen (secondary N) is 1. The minimum atomic E-state index is 0. The van der Waals surface area contributed by atoms with Gasteiger partial charge in [-0.3, -0.25) is 4.79 Å². The van der Waals surface area contributed by atoms with Gasteiger partial charge in [-0.1, -0.05) is 17.7 Å². The zero-order valence-electron chi connectivity index (χ0n) is 11.8. The van der Waals surface area contributed by atoms with Crippen molar-refractivity contribution in [1.82, 2.24) is 5.32 Å². The van der Waals surface area contributed by atoms with Crippen molar-refractivity contribution in [1.29, 1.82) is 0 Å². The lowest BCUT2D eigenvalue weighted by atomic mass is 10.1. The molecule has 0 saturated heterocycles. The number of hydrogen-bond donors (Lipinski definition) is 2. The number of carbonyl (C=O) groups excluding carboxylic acids is 1. The van der Waals surface area contributed by atoms with Crippen LogP contribution in [0.5, 0.6) is 5.75 Å². The lowest BCUT2D eigenvalue weighted by Gasteiger charge is -2.11. The number of aryl methyl sites for hydroxylation is 1. The van der Waals surface area contributed by atoms with Crippen LogP contribution in [0.25, 0.3) is 0 Å². The summed E-state index contributed by atoms with van der Waals surface area (Å²) in [6.07, 6.45) is 2.68. The van der Waals surface area contributed by atoms with Gasteiger partial charge in [0.25, 0.3) is 0 Å². The maximum atomic E-state index is 11.8. The Kier molecular flexibility index (Phi) is 6.82. The molecule has 1 saturated carbocycles. The van der Waals surface area contributed by atoms with Gasteiger partial charge in [0.1, 0.15) is 12.4 Å². The summed E-state index contributed by atoms with van der Waals surface area (Å²) in [6.45, 7) is 3.07. The molecule has 0 spiro atoms. The number of hydrogen-bond acceptors (Lipinski definition) is 3. The van der Waals surface area contributed by atoms with Gasteiger partial charge in [0.05, 0.1) is 6.54 Å². The van der Waals surface area contributed by atoms with E-state index in [2.05, 4.69) is 5.32 Å². The molecule has 0 aliphatic heterocycles. The van der Waals surface area contributed by atoms with Gasteiger partial charge in [-0.15, -0.1) is 12.4 Å². The first kappa shape index (κ1) is 16.8. The van der Waals surface area contributed by atoms with E-state index in [0.717, 1.165) is 25.0 Å². The average molecular weight is 299 g/mol. The second-order valence-corrected chi connectivity index (χ2v) is 5.22. The van der Waals surface area contributed by atoms with Gasteiger partial charge in [0.2, 0.25) is 5.91 Å². The fraction of sp³-hybridized carbons (Fsp3) is 0.533. The standard InChI is InChI=1S/C15H22N2O2.ClH/c1-11-2-6-14(7-3-11)19-9-8-17-15(18)12-4-5-13(16)10-12;/h2-3,6-7,12-13H,4-5,8-10,16H2,1H3,(H,17,18);1H. The Balaban J connectivity index is 0.00000200. The highest BCUT2D eigenvalue weighted by Crippen LogP contribution is 2.23. The first-order valence-corrected chi connectivity index (χ1v) is 6.88. The number of nitrogens with two attached hydrogens (primary N) is 1. The molecule has 1 amide bonds. The Bertz CT molecular complexity index is 422. The van der Waals surface area contributed by atoms with Crippen LogP contribution in [0.1, 0.15) is 24.8 Å². The molecule has 1 aromatic carbocycles. The number of benzene rings is 1. The van der Waals surface area contributed by atoms with Crippen LogP contribution in [0.3, 0.4) is 0 Å². The minimum Gasteiger partial charge on any atom is -0.492 e. The monoisotopic (exact) mass is 298 g/mol. The van der Waals surface area contributed by atoms with E-state index in [1.165, 1.54) is 5.56 Å². The maximum absolute atomic E-state index is 11.8. The van der Waals surface area contributed by atoms with Crippen molar-refractivity contribution in [2.24, 2.45) is 11.7 Å². The van der Waals surface area contributed by atoms with Crippen LogP contribution < -0.4 is 15.8 Å². The molecule has 20 heavy (non-hydrogen) atoms. The first-order valence-electron chi connectivity index (χ1n) is 6.88. The van der Waals surface area contributed by atoms with E-state index in [0.29, 0.717) is 13.2 Å². The van der Waals surface area contributed by atoms with Crippen LogP contribution in [0.15, 0.2) is 24.3 Å². The molecule has 2 unspecified atom stereocenters. The first-order chi connectivity index (χ1) is 9.15. The third-order valence-corrected chi connectivity index (χ3v) is 3.53. The molecule has 112 valence electrons. The second-order valence-electron chi connectivity index (χ2n) is 5.22. The third-order valence-electron chi connectivity index (χ3n) is 3.53. The molecule has 1 aromatic rings. The van der Waals surface area contributed by atoms with E-state index >= 15 is 0 Å². The van der Waals surface area contributed by atoms with Crippen molar-refractivity contribution < 1.29 is 9.53 Å². The SMILES string of the molecule is Cc1ccc(OCCNC(=O)C2CCC(N)C2)cc1.Cl. The molecule has 1 fully saturated rings. The maximum Gasteiger partial charge on any atom is 0.223 e. The number of carbonyl (C=O) groups is 1. The average Bonchev–Trinajstić information content (AvgIpc) is 2.83. The summed E-state index contributed by atoms with van der Waals surface area (Å²) in [5.41, 5.74) is 7.01. The highest BCUT2D eigenvalue weighted by molar-refractivity contribution is 5.85. The predicted molar refractivity (Wildman–Crippen MR) is 82.2 cm³/mol. The largest absolute Gasteiger partial charge is 0.492 e. The van der Waals surface area contributed by atoms with E-state index in [4.69, 9.17) is 10.5 Å². The zero-order valence-corrected chi connectivity index (χ0v) is 12.6. The summed E-state index contributed by atoms with van der Waals surface area (Å²) in [6, 6.07) is 8.08. The summed E-state index contributed by atoms with van der Waals surface area (Å²) >= 11 is 0. The van der Waals surface area contributed by atoms with Gasteiger partial charge in [0.15, 0.2) is 0 Å². The van der Waals surface area contributed by atoms with Crippen LogP contribution in [-0.4, -0.2) is 25.1 Å². The van der Waals surface area contributed by atoms with Crippen molar-refractivity contribution in [2.45, 2.75) is 32.2 Å². The summed E-state index contributed by atoms with van der Waals surface area (Å²) in [4.78, 5) is 11.8. The van der Waals surface area contributed by atoms with E-state index < -0.39 is 0 Å². The number of rotatable bonds is 5. The van der Waals surface area contributed by atoms with Crippen LogP contribution in [-0.2, 0) is 4.79 Å². The van der Waals surface area contributed by atoms with Crippen molar-refractivity contribution in [3.8, 4) is 5.75 Å². The zero-order chi connectivity index (χ0) is 13.7. The summed E-state index contributed by atoms with van der Waals surface area (Å²) < 4.78 is 5.56. The highest BCUT2D eigenvalue weighted by atomic mass is 35.5. The number of amides is 1. The van der Waals surface area contributed by atoms with Crippen molar-refractivity contribution in [2.75, 3.05) is 13.2 Å². The van der Waals surface area contributed by atoms with Crippen molar-refractivity contribution in [3.05, 3.63) is 29.8 Å². The van der Waals surface area contributed by atoms with Gasteiger partial charge >= 0.3 is 0 Å². The molecule has 0 bridgehead atoms. The van der Waals surface area contributed by atoms with Gasteiger partial charge in [-0.2, -0.15) is 0 Å². The Morgan fingerprint density at radius 1 is 1.35 bits per heavy atom.